The van der Waals surface area contributed by atoms with Gasteiger partial charge in [-0.25, -0.2) is 14.8 Å². The first kappa shape index (κ1) is 31.3. The quantitative estimate of drug-likeness (QED) is 0.434. The van der Waals surface area contributed by atoms with Crippen LogP contribution in [0.4, 0.5) is 27.8 Å². The molecule has 11 heteroatoms. The first-order valence-electron chi connectivity index (χ1n) is 16.2. The van der Waals surface area contributed by atoms with Crippen LogP contribution in [0.15, 0.2) is 36.7 Å². The fraction of sp³-hybridized carbons (Fsp3) is 0.656. The lowest BCUT2D eigenvalue weighted by atomic mass is 10.2. The van der Waals surface area contributed by atoms with Gasteiger partial charge in [-0.15, -0.1) is 0 Å². The Kier molecular flexibility index (Phi) is 11.7. The molecule has 2 saturated carbocycles. The summed E-state index contributed by atoms with van der Waals surface area (Å²) in [6.07, 6.45) is 14.1. The lowest BCUT2D eigenvalue weighted by Crippen LogP contribution is -2.49. The number of nitrogens with two attached hydrogens (primary N) is 1. The third kappa shape index (κ3) is 9.17. The third-order valence-electron chi connectivity index (χ3n) is 9.24. The van der Waals surface area contributed by atoms with Gasteiger partial charge < -0.3 is 25.0 Å². The molecule has 3 N–H and O–H groups in total. The van der Waals surface area contributed by atoms with Crippen molar-refractivity contribution in [2.24, 2.45) is 0 Å². The standard InChI is InChI=1S/C18H28N4O3.C14H22N4/c1-24-12-13-25-18(23)20-15-6-7-17(19-14-15)22-10-8-21(9-11-22)16-4-2-3-5-16;15-12-5-6-14(16-11-12)18-9-7-17(8-10-18)13-3-1-2-4-13/h6-7,14,16H,2-5,8-13H2,1H3,(H,20,23);5-6,11,13H,1-4,7-10,15H2. The third-order valence-corrected chi connectivity index (χ3v) is 9.24. The number of hydrogen-bond donors (Lipinski definition) is 2. The Hall–Kier alpha value is -3.15. The number of nitrogens with zero attached hydrogens (tertiary/aromatic N) is 6. The molecule has 6 rings (SSSR count). The normalized spacial score (nSPS) is 20.6. The van der Waals surface area contributed by atoms with Crippen molar-refractivity contribution < 1.29 is 14.3 Å². The summed E-state index contributed by atoms with van der Waals surface area (Å²) >= 11 is 0. The molecule has 1 amide bonds. The van der Waals surface area contributed by atoms with E-state index in [0.717, 1.165) is 68.7 Å². The fourth-order valence-electron chi connectivity index (χ4n) is 6.77. The average Bonchev–Trinajstić information content (AvgIpc) is 3.79. The number of anilines is 4. The number of hydrogen-bond acceptors (Lipinski definition) is 10. The Bertz CT molecular complexity index is 1090. The molecular weight excluding hydrogens is 544 g/mol. The van der Waals surface area contributed by atoms with E-state index in [1.807, 2.05) is 24.3 Å². The number of carbonyl (C=O) groups excluding carboxylic acids is 1. The Morgan fingerprint density at radius 3 is 1.72 bits per heavy atom. The zero-order valence-electron chi connectivity index (χ0n) is 25.8. The summed E-state index contributed by atoms with van der Waals surface area (Å²) in [5, 5.41) is 2.67. The van der Waals surface area contributed by atoms with Gasteiger partial charge in [-0.2, -0.15) is 0 Å². The monoisotopic (exact) mass is 594 g/mol. The minimum absolute atomic E-state index is 0.235. The molecule has 0 radical (unpaired) electrons. The van der Waals surface area contributed by atoms with E-state index >= 15 is 0 Å². The van der Waals surface area contributed by atoms with Crippen LogP contribution in [-0.2, 0) is 9.47 Å². The Morgan fingerprint density at radius 1 is 0.767 bits per heavy atom. The first-order chi connectivity index (χ1) is 21.1. The van der Waals surface area contributed by atoms with Crippen LogP contribution in [0.3, 0.4) is 0 Å². The van der Waals surface area contributed by atoms with Crippen LogP contribution in [0, 0.1) is 0 Å². The summed E-state index contributed by atoms with van der Waals surface area (Å²) in [5.74, 6) is 2.03. The van der Waals surface area contributed by atoms with Crippen LogP contribution in [0.25, 0.3) is 0 Å². The predicted molar refractivity (Wildman–Crippen MR) is 172 cm³/mol. The number of methoxy groups -OCH3 is 1. The predicted octanol–water partition coefficient (Wildman–Crippen LogP) is 4.07. The number of pyridine rings is 2. The molecule has 0 atom stereocenters. The van der Waals surface area contributed by atoms with E-state index in [1.165, 1.54) is 64.5 Å². The zero-order valence-corrected chi connectivity index (χ0v) is 25.8. The molecule has 4 heterocycles. The lowest BCUT2D eigenvalue weighted by molar-refractivity contribution is 0.107. The van der Waals surface area contributed by atoms with Crippen molar-refractivity contribution in [3.63, 3.8) is 0 Å². The Labute approximate surface area is 256 Å². The second-order valence-electron chi connectivity index (χ2n) is 12.0. The first-order valence-corrected chi connectivity index (χ1v) is 16.2. The highest BCUT2D eigenvalue weighted by Gasteiger charge is 2.27. The molecule has 4 aliphatic rings. The highest BCUT2D eigenvalue weighted by Crippen LogP contribution is 2.26. The van der Waals surface area contributed by atoms with Gasteiger partial charge in [0.2, 0.25) is 0 Å². The molecule has 2 aliphatic carbocycles. The van der Waals surface area contributed by atoms with E-state index in [4.69, 9.17) is 15.2 Å². The maximum atomic E-state index is 11.6. The van der Waals surface area contributed by atoms with E-state index in [9.17, 15) is 4.79 Å². The van der Waals surface area contributed by atoms with Crippen molar-refractivity contribution in [3.8, 4) is 0 Å². The van der Waals surface area contributed by atoms with Crippen molar-refractivity contribution in [1.29, 1.82) is 0 Å². The molecule has 2 saturated heterocycles. The second kappa shape index (κ2) is 16.1. The number of nitrogens with one attached hydrogen (secondary N) is 1. The molecule has 236 valence electrons. The second-order valence-corrected chi connectivity index (χ2v) is 12.0. The van der Waals surface area contributed by atoms with E-state index in [-0.39, 0.29) is 6.61 Å². The van der Waals surface area contributed by atoms with Gasteiger partial charge in [0, 0.05) is 71.6 Å². The van der Waals surface area contributed by atoms with Crippen molar-refractivity contribution in [2.45, 2.75) is 63.5 Å². The number of piperazine rings is 2. The molecule has 0 spiro atoms. The molecule has 0 aromatic carbocycles. The van der Waals surface area contributed by atoms with Crippen LogP contribution in [0.2, 0.25) is 0 Å². The molecule has 2 aromatic heterocycles. The van der Waals surface area contributed by atoms with Gasteiger partial charge in [0.25, 0.3) is 0 Å². The molecule has 0 bridgehead atoms. The lowest BCUT2D eigenvalue weighted by Gasteiger charge is -2.38. The smallest absolute Gasteiger partial charge is 0.411 e. The number of rotatable bonds is 8. The summed E-state index contributed by atoms with van der Waals surface area (Å²) in [6.45, 7) is 9.39. The number of aromatic nitrogens is 2. The summed E-state index contributed by atoms with van der Waals surface area (Å²) in [6, 6.07) is 9.43. The van der Waals surface area contributed by atoms with Gasteiger partial charge in [-0.05, 0) is 49.9 Å². The number of ether oxygens (including phenoxy) is 2. The van der Waals surface area contributed by atoms with Crippen molar-refractivity contribution in [3.05, 3.63) is 36.7 Å². The SMILES string of the molecule is COCCOC(=O)Nc1ccc(N2CCN(C3CCCC3)CC2)nc1.Nc1ccc(N2CCN(C3CCCC3)CC2)nc1. The van der Waals surface area contributed by atoms with E-state index in [1.54, 1.807) is 19.5 Å². The molecule has 4 fully saturated rings. The summed E-state index contributed by atoms with van der Waals surface area (Å²) in [4.78, 5) is 30.5. The van der Waals surface area contributed by atoms with Gasteiger partial charge in [-0.3, -0.25) is 15.1 Å². The Balaban J connectivity index is 0.000000180. The molecule has 2 aliphatic heterocycles. The van der Waals surface area contributed by atoms with Gasteiger partial charge in [0.05, 0.1) is 30.4 Å². The summed E-state index contributed by atoms with van der Waals surface area (Å²) < 4.78 is 9.81. The fourth-order valence-corrected chi connectivity index (χ4v) is 6.77. The molecule has 0 unspecified atom stereocenters. The number of nitrogen functional groups attached to an aromatic ring is 1. The van der Waals surface area contributed by atoms with Crippen molar-refractivity contribution in [1.82, 2.24) is 19.8 Å². The highest BCUT2D eigenvalue weighted by atomic mass is 16.6. The van der Waals surface area contributed by atoms with Gasteiger partial charge >= 0.3 is 6.09 Å². The van der Waals surface area contributed by atoms with Crippen molar-refractivity contribution in [2.75, 3.05) is 93.5 Å². The van der Waals surface area contributed by atoms with Crippen LogP contribution >= 0.6 is 0 Å². The van der Waals surface area contributed by atoms with E-state index in [0.29, 0.717) is 12.3 Å². The van der Waals surface area contributed by atoms with Crippen molar-refractivity contribution >= 4 is 29.1 Å². The van der Waals surface area contributed by atoms with Gasteiger partial charge in [-0.1, -0.05) is 25.7 Å². The maximum absolute atomic E-state index is 11.6. The minimum atomic E-state index is -0.489. The Morgan fingerprint density at radius 2 is 1.28 bits per heavy atom. The molecular formula is C32H50N8O3. The molecule has 43 heavy (non-hydrogen) atoms. The van der Waals surface area contributed by atoms with Crippen LogP contribution in [0.5, 0.6) is 0 Å². The van der Waals surface area contributed by atoms with E-state index < -0.39 is 6.09 Å². The minimum Gasteiger partial charge on any atom is -0.447 e. The summed E-state index contributed by atoms with van der Waals surface area (Å²) in [5.41, 5.74) is 7.05. The molecule has 11 nitrogen and oxygen atoms in total. The highest BCUT2D eigenvalue weighted by molar-refractivity contribution is 5.84. The van der Waals surface area contributed by atoms with Crippen LogP contribution in [-0.4, -0.2) is 111 Å². The zero-order chi connectivity index (χ0) is 29.9. The average molecular weight is 595 g/mol. The molecule has 2 aromatic rings. The topological polar surface area (TPSA) is 112 Å². The van der Waals surface area contributed by atoms with Crippen LogP contribution < -0.4 is 20.9 Å². The number of amides is 1. The largest absolute Gasteiger partial charge is 0.447 e. The van der Waals surface area contributed by atoms with E-state index in [2.05, 4.69) is 34.9 Å². The maximum Gasteiger partial charge on any atom is 0.411 e. The summed E-state index contributed by atoms with van der Waals surface area (Å²) in [7, 11) is 1.57. The van der Waals surface area contributed by atoms with Gasteiger partial charge in [0.1, 0.15) is 18.2 Å². The van der Waals surface area contributed by atoms with Crippen LogP contribution in [0.1, 0.15) is 51.4 Å². The number of carbonyl (C=O) groups is 1. The van der Waals surface area contributed by atoms with Gasteiger partial charge in [0.15, 0.2) is 0 Å².